The molecule has 3 nitrogen and oxygen atoms in total. The maximum Gasteiger partial charge on any atom is 0.112 e. The van der Waals surface area contributed by atoms with E-state index in [2.05, 4.69) is 12.6 Å². The molecule has 0 bridgehead atoms. The van der Waals surface area contributed by atoms with E-state index in [9.17, 15) is 0 Å². The second-order valence-electron chi connectivity index (χ2n) is 3.72. The van der Waals surface area contributed by atoms with Gasteiger partial charge in [0, 0.05) is 6.00 Å². The zero-order valence-corrected chi connectivity index (χ0v) is 9.74. The molecule has 1 aliphatic rings. The van der Waals surface area contributed by atoms with Crippen molar-refractivity contribution in [3.63, 3.8) is 0 Å². The molecule has 1 rings (SSSR count). The molecule has 0 aliphatic carbocycles. The Hall–Kier alpha value is 0.295. The summed E-state index contributed by atoms with van der Waals surface area (Å²) < 4.78 is 16.4. The summed E-state index contributed by atoms with van der Waals surface area (Å²) in [5.41, 5.74) is -0.132. The van der Waals surface area contributed by atoms with Gasteiger partial charge in [0.25, 0.3) is 0 Å². The van der Waals surface area contributed by atoms with Gasteiger partial charge in [0.2, 0.25) is 0 Å². The van der Waals surface area contributed by atoms with E-state index in [0.717, 1.165) is 0 Å². The lowest BCUT2D eigenvalue weighted by molar-refractivity contribution is -0.0763. The average molecular weight is 216 g/mol. The highest BCUT2D eigenvalue weighted by molar-refractivity contribution is 7.80. The molecule has 80 valence electrons. The van der Waals surface area contributed by atoms with Gasteiger partial charge in [0.05, 0.1) is 18.1 Å². The summed E-state index contributed by atoms with van der Waals surface area (Å²) >= 11 is 4.16. The molecular formula is C9H17BO3S. The van der Waals surface area contributed by atoms with Gasteiger partial charge in [-0.2, -0.15) is 0 Å². The van der Waals surface area contributed by atoms with E-state index in [1.54, 1.807) is 0 Å². The molecule has 0 amide bonds. The van der Waals surface area contributed by atoms with Crippen molar-refractivity contribution in [2.75, 3.05) is 6.61 Å². The van der Waals surface area contributed by atoms with Crippen molar-refractivity contribution in [2.24, 2.45) is 0 Å². The number of thiol groups is 1. The predicted octanol–water partition coefficient (Wildman–Crippen LogP) is 0.966. The zero-order valence-electron chi connectivity index (χ0n) is 8.84. The fourth-order valence-corrected chi connectivity index (χ4v) is 1.61. The van der Waals surface area contributed by atoms with Crippen molar-refractivity contribution in [1.82, 2.24) is 0 Å². The minimum Gasteiger partial charge on any atom is -0.382 e. The molecular weight excluding hydrogens is 199 g/mol. The molecule has 0 aromatic carbocycles. The second-order valence-corrected chi connectivity index (χ2v) is 4.45. The standard InChI is InChI=1S/C9H17BO3S/c1-5(2)12-8-7(13-6(3)14)4-11-9(8)10/h5-9,14H,4H2,1-3H3/t6?,7?,8?,9-/m1/s1. The van der Waals surface area contributed by atoms with E-state index < -0.39 is 6.00 Å². The molecule has 0 N–H and O–H groups in total. The number of hydrogen-bond acceptors (Lipinski definition) is 4. The maximum absolute atomic E-state index is 5.74. The minimum absolute atomic E-state index is 0.111. The Kier molecular flexibility index (Phi) is 4.77. The van der Waals surface area contributed by atoms with Crippen LogP contribution in [0.4, 0.5) is 0 Å². The molecule has 5 heteroatoms. The van der Waals surface area contributed by atoms with Crippen LogP contribution >= 0.6 is 12.6 Å². The number of hydrogen-bond donors (Lipinski definition) is 1. The summed E-state index contributed by atoms with van der Waals surface area (Å²) in [6.45, 7) is 6.27. The van der Waals surface area contributed by atoms with E-state index in [1.165, 1.54) is 0 Å². The van der Waals surface area contributed by atoms with Gasteiger partial charge in [-0.25, -0.2) is 0 Å². The highest BCUT2D eigenvalue weighted by atomic mass is 32.1. The molecule has 14 heavy (non-hydrogen) atoms. The largest absolute Gasteiger partial charge is 0.382 e. The van der Waals surface area contributed by atoms with Gasteiger partial charge < -0.3 is 14.2 Å². The van der Waals surface area contributed by atoms with Crippen molar-refractivity contribution in [2.45, 2.75) is 50.5 Å². The molecule has 1 heterocycles. The molecule has 2 radical (unpaired) electrons. The van der Waals surface area contributed by atoms with Crippen LogP contribution in [0.2, 0.25) is 0 Å². The van der Waals surface area contributed by atoms with Gasteiger partial charge >= 0.3 is 0 Å². The smallest absolute Gasteiger partial charge is 0.112 e. The summed E-state index contributed by atoms with van der Waals surface area (Å²) in [5, 5.41) is 0. The van der Waals surface area contributed by atoms with Gasteiger partial charge in [-0.05, 0) is 20.8 Å². The first kappa shape index (κ1) is 12.4. The first-order valence-electron chi connectivity index (χ1n) is 4.87. The summed E-state index contributed by atoms with van der Waals surface area (Å²) in [4.78, 5) is 0. The third-order valence-electron chi connectivity index (χ3n) is 1.94. The maximum atomic E-state index is 5.74. The third-order valence-corrected chi connectivity index (χ3v) is 2.07. The van der Waals surface area contributed by atoms with Gasteiger partial charge in [-0.3, -0.25) is 0 Å². The van der Waals surface area contributed by atoms with E-state index in [4.69, 9.17) is 22.1 Å². The van der Waals surface area contributed by atoms with Crippen LogP contribution in [-0.2, 0) is 14.2 Å². The third kappa shape index (κ3) is 3.46. The Labute approximate surface area is 92.3 Å². The van der Waals surface area contributed by atoms with Crippen LogP contribution in [-0.4, -0.2) is 44.2 Å². The van der Waals surface area contributed by atoms with Crippen LogP contribution in [0.3, 0.4) is 0 Å². The molecule has 4 atom stereocenters. The SMILES string of the molecule is [B][C@@H]1OCC(OC(C)S)C1OC(C)C. The lowest BCUT2D eigenvalue weighted by Crippen LogP contribution is -2.38. The molecule has 1 saturated heterocycles. The molecule has 0 aromatic heterocycles. The van der Waals surface area contributed by atoms with E-state index in [-0.39, 0.29) is 23.7 Å². The lowest BCUT2D eigenvalue weighted by atomic mass is 9.93. The lowest BCUT2D eigenvalue weighted by Gasteiger charge is -2.25. The number of ether oxygens (including phenoxy) is 3. The van der Waals surface area contributed by atoms with Gasteiger partial charge in [-0.15, -0.1) is 12.6 Å². The Balaban J connectivity index is 2.48. The zero-order chi connectivity index (χ0) is 10.7. The average Bonchev–Trinajstić information content (AvgIpc) is 2.34. The van der Waals surface area contributed by atoms with Crippen molar-refractivity contribution >= 4 is 20.5 Å². The van der Waals surface area contributed by atoms with Crippen LogP contribution in [0.5, 0.6) is 0 Å². The highest BCUT2D eigenvalue weighted by Gasteiger charge is 2.36. The fourth-order valence-electron chi connectivity index (χ4n) is 1.46. The fraction of sp³-hybridized carbons (Fsp3) is 1.00. The molecule has 0 saturated carbocycles. The van der Waals surface area contributed by atoms with Crippen LogP contribution in [0.15, 0.2) is 0 Å². The second kappa shape index (κ2) is 5.40. The van der Waals surface area contributed by atoms with Crippen molar-refractivity contribution in [3.05, 3.63) is 0 Å². The summed E-state index contributed by atoms with van der Waals surface area (Å²) in [5.74, 6) is 0. The molecule has 0 aromatic rings. The monoisotopic (exact) mass is 216 g/mol. The normalized spacial score (nSPS) is 35.1. The van der Waals surface area contributed by atoms with Crippen molar-refractivity contribution in [3.8, 4) is 0 Å². The summed E-state index contributed by atoms with van der Waals surface area (Å²) in [7, 11) is 5.74. The topological polar surface area (TPSA) is 27.7 Å². The Bertz CT molecular complexity index is 177. The quantitative estimate of drug-likeness (QED) is 0.431. The summed E-state index contributed by atoms with van der Waals surface area (Å²) in [6.07, 6.45) is -0.182. The summed E-state index contributed by atoms with van der Waals surface area (Å²) in [6, 6.07) is -0.394. The number of rotatable bonds is 4. The first-order chi connectivity index (χ1) is 6.50. The Morgan fingerprint density at radius 3 is 2.50 bits per heavy atom. The van der Waals surface area contributed by atoms with Gasteiger partial charge in [-0.1, -0.05) is 0 Å². The molecule has 1 fully saturated rings. The molecule has 0 spiro atoms. The van der Waals surface area contributed by atoms with Crippen molar-refractivity contribution < 1.29 is 14.2 Å². The highest BCUT2D eigenvalue weighted by Crippen LogP contribution is 2.21. The van der Waals surface area contributed by atoms with E-state index in [1.807, 2.05) is 20.8 Å². The predicted molar refractivity (Wildman–Crippen MR) is 58.8 cm³/mol. The molecule has 1 aliphatic heterocycles. The Morgan fingerprint density at radius 1 is 1.36 bits per heavy atom. The molecule has 3 unspecified atom stereocenters. The van der Waals surface area contributed by atoms with Gasteiger partial charge in [0.1, 0.15) is 20.1 Å². The van der Waals surface area contributed by atoms with Crippen LogP contribution < -0.4 is 0 Å². The van der Waals surface area contributed by atoms with E-state index in [0.29, 0.717) is 6.61 Å². The Morgan fingerprint density at radius 2 is 2.00 bits per heavy atom. The minimum atomic E-state index is -0.394. The van der Waals surface area contributed by atoms with Crippen LogP contribution in [0.25, 0.3) is 0 Å². The van der Waals surface area contributed by atoms with Gasteiger partial charge in [0.15, 0.2) is 0 Å². The first-order valence-corrected chi connectivity index (χ1v) is 5.38. The van der Waals surface area contributed by atoms with Crippen LogP contribution in [0, 0.1) is 0 Å². The van der Waals surface area contributed by atoms with Crippen LogP contribution in [0.1, 0.15) is 20.8 Å². The van der Waals surface area contributed by atoms with Crippen molar-refractivity contribution in [1.29, 1.82) is 0 Å². The van der Waals surface area contributed by atoms with E-state index >= 15 is 0 Å².